The van der Waals surface area contributed by atoms with Crippen molar-refractivity contribution in [3.63, 3.8) is 0 Å². The van der Waals surface area contributed by atoms with Crippen LogP contribution in [0.1, 0.15) is 44.9 Å². The largest absolute Gasteiger partial charge is 0.396 e. The minimum atomic E-state index is 0. The van der Waals surface area contributed by atoms with Crippen LogP contribution in [-0.2, 0) is 32.8 Å². The smallest absolute Gasteiger partial charge is 0.220 e. The number of amides is 1. The van der Waals surface area contributed by atoms with Crippen LogP contribution in [0.5, 0.6) is 0 Å². The van der Waals surface area contributed by atoms with Gasteiger partial charge < -0.3 is 25.6 Å². The number of ether oxygens (including phenoxy) is 2. The molecule has 1 radical (unpaired) electrons. The topological polar surface area (TPSA) is 93.8 Å². The van der Waals surface area contributed by atoms with E-state index in [0.717, 1.165) is 38.5 Å². The predicted octanol–water partition coefficient (Wildman–Crippen LogP) is 0.815. The van der Waals surface area contributed by atoms with E-state index in [0.29, 0.717) is 45.9 Å². The number of hydrogen-bond acceptors (Lipinski definition) is 5. The molecule has 0 atom stereocenters. The van der Waals surface area contributed by atoms with Crippen molar-refractivity contribution < 1.29 is 37.9 Å². The van der Waals surface area contributed by atoms with Gasteiger partial charge in [-0.05, 0) is 12.8 Å². The molecule has 0 aliphatic carbocycles. The summed E-state index contributed by atoms with van der Waals surface area (Å²) in [4.78, 5) is 11.5. The summed E-state index contributed by atoms with van der Waals surface area (Å²) in [7, 11) is 0. The van der Waals surface area contributed by atoms with Gasteiger partial charge in [0.1, 0.15) is 0 Å². The van der Waals surface area contributed by atoms with Gasteiger partial charge in [0.15, 0.2) is 0 Å². The Kier molecular flexibility index (Phi) is 22.9. The van der Waals surface area contributed by atoms with Crippen LogP contribution in [0.4, 0.5) is 0 Å². The summed E-state index contributed by atoms with van der Waals surface area (Å²) in [5.41, 5.74) is 5.28. The molecule has 4 N–H and O–H groups in total. The van der Waals surface area contributed by atoms with Crippen LogP contribution in [0, 0.1) is 0 Å². The number of aliphatic hydroxyl groups excluding tert-OH is 1. The van der Waals surface area contributed by atoms with E-state index in [2.05, 4.69) is 5.32 Å². The van der Waals surface area contributed by atoms with E-state index in [1.54, 1.807) is 0 Å². The van der Waals surface area contributed by atoms with Gasteiger partial charge in [0, 0.05) is 44.7 Å². The van der Waals surface area contributed by atoms with Gasteiger partial charge in [-0.25, -0.2) is 0 Å². The minimum absolute atomic E-state index is 0. The third kappa shape index (κ3) is 19.9. The molecule has 0 aromatic carbocycles. The number of aliphatic hydroxyl groups is 1. The Morgan fingerprint density at radius 3 is 2.14 bits per heavy atom. The van der Waals surface area contributed by atoms with Crippen LogP contribution in [-0.4, -0.2) is 57.1 Å². The Labute approximate surface area is 146 Å². The molecular weight excluding hydrogens is 323 g/mol. The zero-order valence-corrected chi connectivity index (χ0v) is 15.0. The van der Waals surface area contributed by atoms with Crippen molar-refractivity contribution in [3.8, 4) is 0 Å². The fourth-order valence-corrected chi connectivity index (χ4v) is 1.86. The zero-order valence-electron chi connectivity index (χ0n) is 13.6. The molecular formula is C15H32N2O4V. The van der Waals surface area contributed by atoms with Crippen LogP contribution >= 0.6 is 0 Å². The number of unbranched alkanes of at least 4 members (excludes halogenated alkanes) is 5. The molecule has 0 aromatic heterocycles. The molecule has 0 heterocycles. The van der Waals surface area contributed by atoms with Crippen molar-refractivity contribution in [2.75, 3.05) is 46.1 Å². The second kappa shape index (κ2) is 20.9. The zero-order chi connectivity index (χ0) is 15.6. The van der Waals surface area contributed by atoms with Crippen LogP contribution in [0.15, 0.2) is 0 Å². The molecule has 6 nitrogen and oxygen atoms in total. The van der Waals surface area contributed by atoms with Crippen molar-refractivity contribution >= 4 is 5.91 Å². The van der Waals surface area contributed by atoms with Gasteiger partial charge in [0.05, 0.1) is 26.4 Å². The van der Waals surface area contributed by atoms with E-state index >= 15 is 0 Å². The summed E-state index contributed by atoms with van der Waals surface area (Å²) in [6.45, 7) is 3.50. The van der Waals surface area contributed by atoms with Crippen LogP contribution in [0.2, 0.25) is 0 Å². The molecule has 0 unspecified atom stereocenters. The number of carbonyl (C=O) groups is 1. The van der Waals surface area contributed by atoms with E-state index in [1.165, 1.54) is 0 Å². The third-order valence-corrected chi connectivity index (χ3v) is 3.01. The Morgan fingerprint density at radius 1 is 0.909 bits per heavy atom. The van der Waals surface area contributed by atoms with Gasteiger partial charge in [-0.15, -0.1) is 0 Å². The van der Waals surface area contributed by atoms with Crippen molar-refractivity contribution in [1.29, 1.82) is 0 Å². The predicted molar refractivity (Wildman–Crippen MR) is 83.1 cm³/mol. The molecule has 0 aliphatic heterocycles. The Bertz CT molecular complexity index is 234. The SMILES string of the molecule is NCCOCCOCCNC(=O)CCCCCCCCO.[V]. The van der Waals surface area contributed by atoms with Crippen molar-refractivity contribution in [2.45, 2.75) is 44.9 Å². The fraction of sp³-hybridized carbons (Fsp3) is 0.933. The van der Waals surface area contributed by atoms with Crippen LogP contribution < -0.4 is 11.1 Å². The van der Waals surface area contributed by atoms with E-state index in [4.69, 9.17) is 20.3 Å². The average Bonchev–Trinajstić information content (AvgIpc) is 2.49. The fourth-order valence-electron chi connectivity index (χ4n) is 1.86. The number of nitrogens with one attached hydrogen (secondary N) is 1. The second-order valence-electron chi connectivity index (χ2n) is 4.96. The van der Waals surface area contributed by atoms with Gasteiger partial charge >= 0.3 is 0 Å². The maximum atomic E-state index is 11.5. The normalized spacial score (nSPS) is 10.3. The molecule has 0 aliphatic rings. The molecule has 0 spiro atoms. The monoisotopic (exact) mass is 355 g/mol. The van der Waals surface area contributed by atoms with Gasteiger partial charge in [0.25, 0.3) is 0 Å². The molecule has 22 heavy (non-hydrogen) atoms. The first-order valence-electron chi connectivity index (χ1n) is 8.04. The third-order valence-electron chi connectivity index (χ3n) is 3.01. The summed E-state index contributed by atoms with van der Waals surface area (Å²) in [5, 5.41) is 11.5. The number of carbonyl (C=O) groups excluding carboxylic acids is 1. The van der Waals surface area contributed by atoms with Gasteiger partial charge in [0.2, 0.25) is 5.91 Å². The molecule has 0 saturated carbocycles. The van der Waals surface area contributed by atoms with Gasteiger partial charge in [-0.1, -0.05) is 25.7 Å². The maximum Gasteiger partial charge on any atom is 0.220 e. The Balaban J connectivity index is 0. The summed E-state index contributed by atoms with van der Waals surface area (Å²) in [5.74, 6) is 0.0911. The van der Waals surface area contributed by atoms with Crippen molar-refractivity contribution in [1.82, 2.24) is 5.32 Å². The summed E-state index contributed by atoms with van der Waals surface area (Å²) >= 11 is 0. The number of rotatable bonds is 16. The molecule has 131 valence electrons. The number of nitrogens with two attached hydrogens (primary N) is 1. The molecule has 0 saturated heterocycles. The van der Waals surface area contributed by atoms with Crippen LogP contribution in [0.3, 0.4) is 0 Å². The van der Waals surface area contributed by atoms with E-state index in [9.17, 15) is 4.79 Å². The van der Waals surface area contributed by atoms with Gasteiger partial charge in [-0.2, -0.15) is 0 Å². The van der Waals surface area contributed by atoms with E-state index in [-0.39, 0.29) is 31.1 Å². The minimum Gasteiger partial charge on any atom is -0.396 e. The van der Waals surface area contributed by atoms with Gasteiger partial charge in [-0.3, -0.25) is 4.79 Å². The standard InChI is InChI=1S/C15H32N2O4.V/c16-8-11-20-13-14-21-12-9-17-15(19)7-5-3-1-2-4-6-10-18;/h18H,1-14,16H2,(H,17,19);. The maximum absolute atomic E-state index is 11.5. The summed E-state index contributed by atoms with van der Waals surface area (Å²) in [6, 6.07) is 0. The average molecular weight is 355 g/mol. The second-order valence-corrected chi connectivity index (χ2v) is 4.96. The van der Waals surface area contributed by atoms with E-state index < -0.39 is 0 Å². The Morgan fingerprint density at radius 2 is 1.50 bits per heavy atom. The first-order chi connectivity index (χ1) is 10.3. The van der Waals surface area contributed by atoms with Crippen LogP contribution in [0.25, 0.3) is 0 Å². The first-order valence-corrected chi connectivity index (χ1v) is 8.04. The molecule has 0 fully saturated rings. The number of hydrogen-bond donors (Lipinski definition) is 3. The summed E-state index contributed by atoms with van der Waals surface area (Å²) in [6.07, 6.45) is 6.83. The van der Waals surface area contributed by atoms with E-state index in [1.807, 2.05) is 0 Å². The van der Waals surface area contributed by atoms with Crippen molar-refractivity contribution in [2.24, 2.45) is 5.73 Å². The first kappa shape index (κ1) is 24.2. The van der Waals surface area contributed by atoms with Crippen molar-refractivity contribution in [3.05, 3.63) is 0 Å². The Hall–Kier alpha value is -0.106. The quantitative estimate of drug-likeness (QED) is 0.356. The molecule has 0 aromatic rings. The molecule has 0 bridgehead atoms. The molecule has 1 amide bonds. The summed E-state index contributed by atoms with van der Waals surface area (Å²) < 4.78 is 10.5. The molecule has 0 rings (SSSR count). The molecule has 7 heteroatoms.